The van der Waals surface area contributed by atoms with Crippen LogP contribution in [0.1, 0.15) is 57.4 Å². The molecule has 21 heavy (non-hydrogen) atoms. The van der Waals surface area contributed by atoms with E-state index in [9.17, 15) is 4.79 Å². The molecule has 1 heteroatoms. The Morgan fingerprint density at radius 3 is 1.90 bits per heavy atom. The number of hydrogen-bond acceptors (Lipinski definition) is 1. The standard InChI is InChI=1S/C15H24.C5H6O/c1-2-3-4-5-6-7-9-12-15-13-10-8-11-14-15;1-3-5(6)4-2/h8,10-11,13-14H,2-7,9,12H2,1H3;3-4H,1-2H2. The third-order valence-electron chi connectivity index (χ3n) is 3.31. The summed E-state index contributed by atoms with van der Waals surface area (Å²) in [6.07, 6.45) is 13.5. The molecule has 1 aromatic carbocycles. The van der Waals surface area contributed by atoms with Gasteiger partial charge in [-0.25, -0.2) is 0 Å². The van der Waals surface area contributed by atoms with Crippen molar-refractivity contribution in [1.29, 1.82) is 0 Å². The van der Waals surface area contributed by atoms with Crippen LogP contribution < -0.4 is 0 Å². The Kier molecular flexibility index (Phi) is 13.6. The number of carbonyl (C=O) groups is 1. The van der Waals surface area contributed by atoms with Crippen molar-refractivity contribution >= 4 is 5.78 Å². The maximum atomic E-state index is 9.94. The van der Waals surface area contributed by atoms with Gasteiger partial charge in [-0.15, -0.1) is 0 Å². The largest absolute Gasteiger partial charge is 0.290 e. The van der Waals surface area contributed by atoms with Gasteiger partial charge in [0.1, 0.15) is 0 Å². The molecule has 0 aliphatic heterocycles. The highest BCUT2D eigenvalue weighted by molar-refractivity contribution is 5.98. The average Bonchev–Trinajstić information content (AvgIpc) is 2.55. The molecule has 1 rings (SSSR count). The molecule has 0 saturated heterocycles. The number of rotatable bonds is 10. The summed E-state index contributed by atoms with van der Waals surface area (Å²) in [5, 5.41) is 0. The van der Waals surface area contributed by atoms with Gasteiger partial charge in [-0.05, 0) is 30.6 Å². The lowest BCUT2D eigenvalue weighted by atomic mass is 10.0. The van der Waals surface area contributed by atoms with Gasteiger partial charge < -0.3 is 0 Å². The topological polar surface area (TPSA) is 17.1 Å². The Balaban J connectivity index is 0.000000567. The second-order valence-electron chi connectivity index (χ2n) is 5.17. The fraction of sp³-hybridized carbons (Fsp3) is 0.450. The fourth-order valence-corrected chi connectivity index (χ4v) is 2.01. The van der Waals surface area contributed by atoms with Gasteiger partial charge in [0.15, 0.2) is 5.78 Å². The lowest BCUT2D eigenvalue weighted by Crippen LogP contribution is -1.85. The molecule has 0 unspecified atom stereocenters. The molecular weight excluding hydrogens is 256 g/mol. The highest BCUT2D eigenvalue weighted by Crippen LogP contribution is 2.10. The van der Waals surface area contributed by atoms with Gasteiger partial charge >= 0.3 is 0 Å². The number of unbranched alkanes of at least 4 members (excludes halogenated alkanes) is 6. The van der Waals surface area contributed by atoms with Gasteiger partial charge in [0, 0.05) is 0 Å². The zero-order valence-corrected chi connectivity index (χ0v) is 13.5. The third-order valence-corrected chi connectivity index (χ3v) is 3.31. The maximum absolute atomic E-state index is 9.94. The summed E-state index contributed by atoms with van der Waals surface area (Å²) in [6.45, 7) is 8.69. The molecule has 116 valence electrons. The van der Waals surface area contributed by atoms with Crippen LogP contribution in [0, 0.1) is 0 Å². The first-order valence-electron chi connectivity index (χ1n) is 8.07. The molecule has 0 saturated carbocycles. The van der Waals surface area contributed by atoms with Crippen LogP contribution in [0.2, 0.25) is 0 Å². The summed E-state index contributed by atoms with van der Waals surface area (Å²) in [7, 11) is 0. The van der Waals surface area contributed by atoms with Crippen LogP contribution in [-0.4, -0.2) is 5.78 Å². The second kappa shape index (κ2) is 14.8. The third kappa shape index (κ3) is 13.1. The number of hydrogen-bond donors (Lipinski definition) is 0. The van der Waals surface area contributed by atoms with E-state index in [-0.39, 0.29) is 5.78 Å². The van der Waals surface area contributed by atoms with Gasteiger partial charge in [-0.2, -0.15) is 0 Å². The van der Waals surface area contributed by atoms with Gasteiger partial charge in [-0.1, -0.05) is 88.9 Å². The molecule has 0 N–H and O–H groups in total. The lowest BCUT2D eigenvalue weighted by molar-refractivity contribution is -0.110. The van der Waals surface area contributed by atoms with Crippen LogP contribution in [0.4, 0.5) is 0 Å². The molecule has 0 amide bonds. The van der Waals surface area contributed by atoms with Crippen LogP contribution in [-0.2, 0) is 11.2 Å². The molecule has 0 aliphatic carbocycles. The summed E-state index contributed by atoms with van der Waals surface area (Å²) in [5.41, 5.74) is 1.49. The zero-order valence-electron chi connectivity index (χ0n) is 13.5. The van der Waals surface area contributed by atoms with Crippen molar-refractivity contribution in [1.82, 2.24) is 0 Å². The van der Waals surface area contributed by atoms with Crippen molar-refractivity contribution in [2.75, 3.05) is 0 Å². The van der Waals surface area contributed by atoms with E-state index in [1.54, 1.807) is 0 Å². The van der Waals surface area contributed by atoms with Crippen molar-refractivity contribution in [3.63, 3.8) is 0 Å². The Morgan fingerprint density at radius 1 is 0.905 bits per heavy atom. The molecule has 0 heterocycles. The van der Waals surface area contributed by atoms with Gasteiger partial charge in [0.2, 0.25) is 0 Å². The average molecular weight is 286 g/mol. The van der Waals surface area contributed by atoms with E-state index in [1.165, 1.54) is 69.1 Å². The van der Waals surface area contributed by atoms with Crippen molar-refractivity contribution in [3.8, 4) is 0 Å². The minimum atomic E-state index is -0.130. The number of ketones is 1. The SMILES string of the molecule is C=CC(=O)C=C.CCCCCCCCCc1ccccc1. The van der Waals surface area contributed by atoms with Crippen LogP contribution >= 0.6 is 0 Å². The van der Waals surface area contributed by atoms with Crippen LogP contribution in [0.3, 0.4) is 0 Å². The summed E-state index contributed by atoms with van der Waals surface area (Å²) in [5.74, 6) is -0.130. The zero-order chi connectivity index (χ0) is 15.8. The van der Waals surface area contributed by atoms with Crippen molar-refractivity contribution < 1.29 is 4.79 Å². The van der Waals surface area contributed by atoms with Gasteiger partial charge in [0.05, 0.1) is 0 Å². The molecule has 0 aromatic heterocycles. The smallest absolute Gasteiger partial charge is 0.177 e. The van der Waals surface area contributed by atoms with E-state index in [0.717, 1.165) is 0 Å². The monoisotopic (exact) mass is 286 g/mol. The predicted octanol–water partition coefficient (Wildman–Crippen LogP) is 5.91. The summed E-state index contributed by atoms with van der Waals surface area (Å²) in [6, 6.07) is 10.8. The number of carbonyl (C=O) groups excluding carboxylic acids is 1. The Morgan fingerprint density at radius 2 is 1.43 bits per heavy atom. The summed E-state index contributed by atoms with van der Waals surface area (Å²) in [4.78, 5) is 9.94. The molecule has 0 fully saturated rings. The molecule has 0 atom stereocenters. The van der Waals surface area contributed by atoms with E-state index in [2.05, 4.69) is 50.4 Å². The number of allylic oxidation sites excluding steroid dienone is 2. The van der Waals surface area contributed by atoms with E-state index in [4.69, 9.17) is 0 Å². The minimum absolute atomic E-state index is 0.130. The van der Waals surface area contributed by atoms with E-state index < -0.39 is 0 Å². The minimum Gasteiger partial charge on any atom is -0.290 e. The molecule has 0 bridgehead atoms. The molecule has 0 radical (unpaired) electrons. The van der Waals surface area contributed by atoms with Crippen molar-refractivity contribution in [3.05, 3.63) is 61.2 Å². The van der Waals surface area contributed by atoms with Crippen LogP contribution in [0.15, 0.2) is 55.6 Å². The number of aryl methyl sites for hydroxylation is 1. The number of benzene rings is 1. The Labute approximate surface area is 130 Å². The maximum Gasteiger partial charge on any atom is 0.177 e. The first-order chi connectivity index (χ1) is 10.2. The Hall–Kier alpha value is -1.63. The van der Waals surface area contributed by atoms with Crippen LogP contribution in [0.25, 0.3) is 0 Å². The van der Waals surface area contributed by atoms with Gasteiger partial charge in [-0.3, -0.25) is 4.79 Å². The summed E-state index contributed by atoms with van der Waals surface area (Å²) >= 11 is 0. The van der Waals surface area contributed by atoms with Crippen LogP contribution in [0.5, 0.6) is 0 Å². The Bertz CT molecular complexity index is 368. The van der Waals surface area contributed by atoms with Crippen molar-refractivity contribution in [2.45, 2.75) is 58.3 Å². The first-order valence-corrected chi connectivity index (χ1v) is 8.07. The highest BCUT2D eigenvalue weighted by atomic mass is 16.1. The van der Waals surface area contributed by atoms with E-state index in [1.807, 2.05) is 0 Å². The molecular formula is C20H30O. The predicted molar refractivity (Wildman–Crippen MR) is 93.5 cm³/mol. The molecule has 1 nitrogen and oxygen atoms in total. The highest BCUT2D eigenvalue weighted by Gasteiger charge is 1.93. The van der Waals surface area contributed by atoms with E-state index in [0.29, 0.717) is 0 Å². The lowest BCUT2D eigenvalue weighted by Gasteiger charge is -2.01. The molecule has 0 aliphatic rings. The van der Waals surface area contributed by atoms with Crippen molar-refractivity contribution in [2.24, 2.45) is 0 Å². The van der Waals surface area contributed by atoms with E-state index >= 15 is 0 Å². The molecule has 1 aromatic rings. The quantitative estimate of drug-likeness (QED) is 0.386. The molecule has 0 spiro atoms. The normalized spacial score (nSPS) is 9.38. The summed E-state index contributed by atoms with van der Waals surface area (Å²) < 4.78 is 0. The fourth-order valence-electron chi connectivity index (χ4n) is 2.01. The first kappa shape index (κ1) is 19.4. The second-order valence-corrected chi connectivity index (χ2v) is 5.17. The van der Waals surface area contributed by atoms with Gasteiger partial charge in [0.25, 0.3) is 0 Å².